The Morgan fingerprint density at radius 2 is 1.79 bits per heavy atom. The first-order valence-electron chi connectivity index (χ1n) is 9.40. The number of carbonyl (C=O) groups is 2. The highest BCUT2D eigenvalue weighted by atomic mass is 35.5. The highest BCUT2D eigenvalue weighted by molar-refractivity contribution is 5.85. The zero-order chi connectivity index (χ0) is 18.4. The van der Waals surface area contributed by atoms with Crippen molar-refractivity contribution in [2.45, 2.75) is 31.4 Å². The Labute approximate surface area is 178 Å². The molecule has 1 aromatic carbocycles. The van der Waals surface area contributed by atoms with E-state index in [0.29, 0.717) is 32.4 Å². The van der Waals surface area contributed by atoms with E-state index in [1.54, 1.807) is 0 Å². The molecule has 7 nitrogen and oxygen atoms in total. The van der Waals surface area contributed by atoms with Crippen LogP contribution in [-0.4, -0.2) is 73.2 Å². The molecule has 28 heavy (non-hydrogen) atoms. The minimum atomic E-state index is -0.443. The molecule has 0 aliphatic carbocycles. The summed E-state index contributed by atoms with van der Waals surface area (Å²) in [6.07, 6.45) is 1.10. The van der Waals surface area contributed by atoms with Gasteiger partial charge in [-0.3, -0.25) is 9.59 Å². The number of piperazine rings is 1. The second-order valence-corrected chi connectivity index (χ2v) is 6.95. The highest BCUT2D eigenvalue weighted by Gasteiger charge is 2.27. The van der Waals surface area contributed by atoms with Crippen molar-refractivity contribution in [3.8, 4) is 0 Å². The van der Waals surface area contributed by atoms with Crippen LogP contribution in [0.4, 0.5) is 5.69 Å². The molecule has 2 fully saturated rings. The van der Waals surface area contributed by atoms with Crippen LogP contribution in [0.15, 0.2) is 30.3 Å². The molecule has 3 N–H and O–H groups in total. The fourth-order valence-electron chi connectivity index (χ4n) is 3.50. The molecule has 158 valence electrons. The summed E-state index contributed by atoms with van der Waals surface area (Å²) in [6.45, 7) is 4.13. The lowest BCUT2D eigenvalue weighted by Crippen LogP contribution is -2.49. The van der Waals surface area contributed by atoms with Crippen molar-refractivity contribution in [1.82, 2.24) is 15.5 Å². The number of benzene rings is 1. The Hall–Kier alpha value is -1.54. The van der Waals surface area contributed by atoms with Crippen LogP contribution in [0.3, 0.4) is 0 Å². The summed E-state index contributed by atoms with van der Waals surface area (Å²) in [7, 11) is 0. The van der Waals surface area contributed by atoms with Crippen molar-refractivity contribution in [2.75, 3.05) is 44.2 Å². The van der Waals surface area contributed by atoms with E-state index in [9.17, 15) is 14.7 Å². The molecule has 0 radical (unpaired) electrons. The average Bonchev–Trinajstić information content (AvgIpc) is 3.12. The summed E-state index contributed by atoms with van der Waals surface area (Å²) in [5.41, 5.74) is 1.20. The molecule has 2 aliphatic rings. The second kappa shape index (κ2) is 12.1. The fraction of sp³-hybridized carbons (Fsp3) is 0.579. The third-order valence-electron chi connectivity index (χ3n) is 5.04. The third kappa shape index (κ3) is 6.81. The van der Waals surface area contributed by atoms with Gasteiger partial charge in [0, 0.05) is 51.4 Å². The van der Waals surface area contributed by atoms with Crippen molar-refractivity contribution in [1.29, 1.82) is 0 Å². The molecule has 2 aliphatic heterocycles. The van der Waals surface area contributed by atoms with E-state index in [2.05, 4.69) is 27.7 Å². The van der Waals surface area contributed by atoms with Gasteiger partial charge in [-0.05, 0) is 25.0 Å². The number of hydrogen-bond acceptors (Lipinski definition) is 5. The number of amides is 2. The van der Waals surface area contributed by atoms with Gasteiger partial charge in [0.25, 0.3) is 0 Å². The first-order valence-corrected chi connectivity index (χ1v) is 9.40. The van der Waals surface area contributed by atoms with Crippen LogP contribution in [-0.2, 0) is 9.59 Å². The summed E-state index contributed by atoms with van der Waals surface area (Å²) in [5, 5.41) is 15.3. The Morgan fingerprint density at radius 1 is 1.11 bits per heavy atom. The van der Waals surface area contributed by atoms with E-state index >= 15 is 0 Å². The van der Waals surface area contributed by atoms with Gasteiger partial charge in [-0.2, -0.15) is 0 Å². The minimum absolute atomic E-state index is 0. The standard InChI is InChI=1S/C19H28N4O3.2ClH/c24-16-13-17(21-14-16)19(26)20-8-4-7-18(25)23-11-9-22(10-12-23)15-5-2-1-3-6-15;;/h1-3,5-6,16-17,21,24H,4,7-14H2,(H,20,26);2*1H. The topological polar surface area (TPSA) is 84.9 Å². The van der Waals surface area contributed by atoms with Crippen molar-refractivity contribution < 1.29 is 14.7 Å². The summed E-state index contributed by atoms with van der Waals surface area (Å²) in [6, 6.07) is 9.95. The quantitative estimate of drug-likeness (QED) is 0.578. The van der Waals surface area contributed by atoms with Crippen molar-refractivity contribution in [2.24, 2.45) is 0 Å². The molecule has 0 aromatic heterocycles. The van der Waals surface area contributed by atoms with Gasteiger partial charge in [0.15, 0.2) is 0 Å². The van der Waals surface area contributed by atoms with Crippen LogP contribution in [0.5, 0.6) is 0 Å². The van der Waals surface area contributed by atoms with E-state index in [1.807, 2.05) is 23.1 Å². The molecular formula is C19H30Cl2N4O3. The second-order valence-electron chi connectivity index (χ2n) is 6.95. The Bertz CT molecular complexity index is 612. The average molecular weight is 433 g/mol. The number of nitrogens with zero attached hydrogens (tertiary/aromatic N) is 2. The predicted octanol–water partition coefficient (Wildman–Crippen LogP) is 0.798. The highest BCUT2D eigenvalue weighted by Crippen LogP contribution is 2.16. The van der Waals surface area contributed by atoms with Gasteiger partial charge in [-0.25, -0.2) is 0 Å². The molecule has 2 heterocycles. The van der Waals surface area contributed by atoms with Crippen LogP contribution in [0.1, 0.15) is 19.3 Å². The molecular weight excluding hydrogens is 403 g/mol. The maximum atomic E-state index is 12.3. The van der Waals surface area contributed by atoms with Crippen LogP contribution in [0.25, 0.3) is 0 Å². The fourth-order valence-corrected chi connectivity index (χ4v) is 3.50. The van der Waals surface area contributed by atoms with Gasteiger partial charge in [-0.1, -0.05) is 18.2 Å². The molecule has 9 heteroatoms. The first kappa shape index (κ1) is 24.5. The number of β-amino-alcohol motifs (C(OH)–C–C–N with tert-alkyl or cyclic N) is 1. The smallest absolute Gasteiger partial charge is 0.237 e. The van der Waals surface area contributed by atoms with Crippen molar-refractivity contribution in [3.63, 3.8) is 0 Å². The minimum Gasteiger partial charge on any atom is -0.392 e. The zero-order valence-corrected chi connectivity index (χ0v) is 17.5. The predicted molar refractivity (Wildman–Crippen MR) is 114 cm³/mol. The normalized spacial score (nSPS) is 21.5. The first-order chi connectivity index (χ1) is 12.6. The Morgan fingerprint density at radius 3 is 2.39 bits per heavy atom. The number of anilines is 1. The van der Waals surface area contributed by atoms with Gasteiger partial charge in [-0.15, -0.1) is 24.8 Å². The molecule has 2 saturated heterocycles. The van der Waals surface area contributed by atoms with Crippen molar-refractivity contribution >= 4 is 42.3 Å². The number of aliphatic hydroxyl groups is 1. The van der Waals surface area contributed by atoms with E-state index in [4.69, 9.17) is 0 Å². The number of carbonyl (C=O) groups excluding carboxylic acids is 2. The molecule has 2 atom stereocenters. The lowest BCUT2D eigenvalue weighted by atomic mass is 10.2. The van der Waals surface area contributed by atoms with Crippen LogP contribution < -0.4 is 15.5 Å². The number of rotatable bonds is 6. The SMILES string of the molecule is Cl.Cl.O=C(NCCCC(=O)N1CCN(c2ccccc2)CC1)C1CC(O)CN1. The summed E-state index contributed by atoms with van der Waals surface area (Å²) >= 11 is 0. The van der Waals surface area contributed by atoms with Gasteiger partial charge < -0.3 is 25.5 Å². The molecule has 3 rings (SSSR count). The number of para-hydroxylation sites is 1. The summed E-state index contributed by atoms with van der Waals surface area (Å²) < 4.78 is 0. The van der Waals surface area contributed by atoms with Crippen LogP contribution in [0.2, 0.25) is 0 Å². The molecule has 2 unspecified atom stereocenters. The van der Waals surface area contributed by atoms with E-state index < -0.39 is 6.10 Å². The number of hydrogen-bond donors (Lipinski definition) is 3. The van der Waals surface area contributed by atoms with Gasteiger partial charge in [0.2, 0.25) is 11.8 Å². The molecule has 1 aromatic rings. The van der Waals surface area contributed by atoms with E-state index in [1.165, 1.54) is 5.69 Å². The molecule has 0 spiro atoms. The van der Waals surface area contributed by atoms with E-state index in [-0.39, 0.29) is 42.7 Å². The lowest BCUT2D eigenvalue weighted by Gasteiger charge is -2.36. The van der Waals surface area contributed by atoms with Crippen LogP contribution in [0, 0.1) is 0 Å². The van der Waals surface area contributed by atoms with Crippen LogP contribution >= 0.6 is 24.8 Å². The number of nitrogens with one attached hydrogen (secondary N) is 2. The monoisotopic (exact) mass is 432 g/mol. The molecule has 0 bridgehead atoms. The maximum absolute atomic E-state index is 12.3. The molecule has 2 amide bonds. The lowest BCUT2D eigenvalue weighted by molar-refractivity contribution is -0.131. The Kier molecular flexibility index (Phi) is 10.6. The summed E-state index contributed by atoms with van der Waals surface area (Å²) in [4.78, 5) is 28.5. The van der Waals surface area contributed by atoms with Gasteiger partial charge in [0.05, 0.1) is 12.1 Å². The van der Waals surface area contributed by atoms with Gasteiger partial charge >= 0.3 is 0 Å². The Balaban J connectivity index is 0.00000196. The number of halogens is 2. The summed E-state index contributed by atoms with van der Waals surface area (Å²) in [5.74, 6) is 0.0619. The largest absolute Gasteiger partial charge is 0.392 e. The molecule has 0 saturated carbocycles. The van der Waals surface area contributed by atoms with Crippen molar-refractivity contribution in [3.05, 3.63) is 30.3 Å². The van der Waals surface area contributed by atoms with Gasteiger partial charge in [0.1, 0.15) is 0 Å². The third-order valence-corrected chi connectivity index (χ3v) is 5.04. The maximum Gasteiger partial charge on any atom is 0.237 e. The zero-order valence-electron chi connectivity index (χ0n) is 15.9. The number of aliphatic hydroxyl groups excluding tert-OH is 1. The van der Waals surface area contributed by atoms with E-state index in [0.717, 1.165) is 26.2 Å².